The fourth-order valence-electron chi connectivity index (χ4n) is 3.14. The van der Waals surface area contributed by atoms with E-state index in [0.29, 0.717) is 43.4 Å². The van der Waals surface area contributed by atoms with E-state index in [1.807, 2.05) is 0 Å². The van der Waals surface area contributed by atoms with E-state index in [2.05, 4.69) is 5.32 Å². The van der Waals surface area contributed by atoms with Gasteiger partial charge in [-0.1, -0.05) is 12.1 Å². The highest BCUT2D eigenvalue weighted by Crippen LogP contribution is 2.36. The zero-order valence-electron chi connectivity index (χ0n) is 17.0. The Balaban J connectivity index is 1.57. The molecule has 24 heavy (non-hydrogen) atoms. The molecule has 2 atom stereocenters. The van der Waals surface area contributed by atoms with Gasteiger partial charge in [0, 0.05) is 18.5 Å². The van der Waals surface area contributed by atoms with Crippen LogP contribution in [0.2, 0.25) is 0 Å². The first-order valence-corrected chi connectivity index (χ1v) is 7.96. The summed E-state index contributed by atoms with van der Waals surface area (Å²) in [5, 5.41) is 3.28. The van der Waals surface area contributed by atoms with Gasteiger partial charge >= 0.3 is 0 Å². The molecule has 0 spiro atoms. The first kappa shape index (κ1) is 11.3. The molecule has 2 aliphatic heterocycles. The molecule has 4 nitrogen and oxygen atoms in total. The minimum atomic E-state index is -1.11. The number of rotatable bonds is 4. The first-order valence-electron chi connectivity index (χ1n) is 9.96. The van der Waals surface area contributed by atoms with E-state index in [9.17, 15) is 4.39 Å². The number of piperidine rings is 1. The molecule has 0 saturated carbocycles. The molecule has 1 fully saturated rings. The predicted octanol–water partition coefficient (Wildman–Crippen LogP) is 3.33. The summed E-state index contributed by atoms with van der Waals surface area (Å²) in [6.45, 7) is 1.78. The molecule has 1 N–H and O–H groups in total. The molecule has 1 saturated heterocycles. The molecule has 126 valence electrons. The lowest BCUT2D eigenvalue weighted by Gasteiger charge is -2.32. The second-order valence-corrected chi connectivity index (χ2v) is 5.91. The van der Waals surface area contributed by atoms with E-state index in [1.165, 1.54) is 0 Å². The smallest absolute Gasteiger partial charge is 0.231 e. The van der Waals surface area contributed by atoms with E-state index < -0.39 is 17.9 Å². The van der Waals surface area contributed by atoms with E-state index in [-0.39, 0.29) is 36.3 Å². The molecule has 0 radical (unpaired) electrons. The van der Waals surface area contributed by atoms with Gasteiger partial charge in [0.05, 0.1) is 12.1 Å². The molecule has 2 aromatic carbocycles. The molecular formula is C19H20FNO3. The van der Waals surface area contributed by atoms with Crippen molar-refractivity contribution in [2.45, 2.75) is 12.3 Å². The summed E-state index contributed by atoms with van der Waals surface area (Å²) in [6, 6.07) is 3.46. The van der Waals surface area contributed by atoms with Crippen molar-refractivity contribution in [3.8, 4) is 17.2 Å². The fraction of sp³-hybridized carbons (Fsp3) is 0.368. The van der Waals surface area contributed by atoms with Gasteiger partial charge in [0.1, 0.15) is 11.6 Å². The highest BCUT2D eigenvalue weighted by Gasteiger charge is 2.27. The van der Waals surface area contributed by atoms with Gasteiger partial charge in [-0.05, 0) is 48.7 Å². The molecule has 2 unspecified atom stereocenters. The summed E-state index contributed by atoms with van der Waals surface area (Å²) in [7, 11) is 0. The van der Waals surface area contributed by atoms with Crippen LogP contribution in [0.25, 0.3) is 0 Å². The lowest BCUT2D eigenvalue weighted by molar-refractivity contribution is 0.173. The van der Waals surface area contributed by atoms with Crippen LogP contribution in [0.5, 0.6) is 17.2 Å². The van der Waals surface area contributed by atoms with Gasteiger partial charge in [-0.3, -0.25) is 0 Å². The number of fused-ring (bicyclic) bond motifs is 1. The number of benzene rings is 2. The topological polar surface area (TPSA) is 39.7 Å². The molecule has 0 bridgehead atoms. The van der Waals surface area contributed by atoms with Crippen molar-refractivity contribution in [2.24, 2.45) is 5.92 Å². The Morgan fingerprint density at radius 1 is 1.21 bits per heavy atom. The lowest BCUT2D eigenvalue weighted by atomic mass is 9.81. The summed E-state index contributed by atoms with van der Waals surface area (Å²) in [4.78, 5) is 0. The summed E-state index contributed by atoms with van der Waals surface area (Å²) < 4.78 is 62.3. The van der Waals surface area contributed by atoms with Crippen molar-refractivity contribution in [1.82, 2.24) is 5.32 Å². The molecule has 5 heteroatoms. The van der Waals surface area contributed by atoms with Crippen LogP contribution in [-0.2, 0) is 0 Å². The summed E-state index contributed by atoms with van der Waals surface area (Å²) in [6.07, 6.45) is 0.622. The molecule has 0 amide bonds. The Morgan fingerprint density at radius 2 is 2.04 bits per heavy atom. The Kier molecular flexibility index (Phi) is 3.15. The summed E-state index contributed by atoms with van der Waals surface area (Å²) >= 11 is 0. The number of halogens is 1. The van der Waals surface area contributed by atoms with Crippen molar-refractivity contribution in [3.63, 3.8) is 0 Å². The van der Waals surface area contributed by atoms with Crippen molar-refractivity contribution in [2.75, 3.05) is 26.5 Å². The minimum Gasteiger partial charge on any atom is -0.493 e. The van der Waals surface area contributed by atoms with Crippen LogP contribution in [0.15, 0.2) is 42.4 Å². The third kappa shape index (κ3) is 3.17. The van der Waals surface area contributed by atoms with Crippen molar-refractivity contribution in [3.05, 3.63) is 53.7 Å². The van der Waals surface area contributed by atoms with Crippen LogP contribution < -0.4 is 19.5 Å². The SMILES string of the molecule is [2H]c1c([2H])c(C2CCNCC2COc2ccc3c(c2)OCO3)c([2H])c([2H])c1F. The van der Waals surface area contributed by atoms with Gasteiger partial charge in [-0.25, -0.2) is 4.39 Å². The monoisotopic (exact) mass is 333 g/mol. The van der Waals surface area contributed by atoms with Gasteiger partial charge in [0.25, 0.3) is 0 Å². The Labute approximate surface area is 146 Å². The highest BCUT2D eigenvalue weighted by atomic mass is 19.1. The first-order chi connectivity index (χ1) is 13.5. The fourth-order valence-corrected chi connectivity index (χ4v) is 3.14. The Bertz CT molecular complexity index is 882. The van der Waals surface area contributed by atoms with Crippen LogP contribution in [0.3, 0.4) is 0 Å². The maximum absolute atomic E-state index is 13.9. The number of hydrogen-bond donors (Lipinski definition) is 1. The third-order valence-corrected chi connectivity index (χ3v) is 4.40. The maximum Gasteiger partial charge on any atom is 0.231 e. The molecule has 2 aliphatic rings. The average molecular weight is 333 g/mol. The average Bonchev–Trinajstić information content (AvgIpc) is 3.18. The summed E-state index contributed by atoms with van der Waals surface area (Å²) in [5.74, 6) is 0.447. The van der Waals surface area contributed by atoms with Crippen LogP contribution in [0.4, 0.5) is 4.39 Å². The van der Waals surface area contributed by atoms with Gasteiger partial charge in [-0.2, -0.15) is 0 Å². The van der Waals surface area contributed by atoms with E-state index >= 15 is 0 Å². The lowest BCUT2D eigenvalue weighted by Crippen LogP contribution is -2.38. The normalized spacial score (nSPS) is 24.7. The quantitative estimate of drug-likeness (QED) is 0.932. The second-order valence-electron chi connectivity index (χ2n) is 5.91. The van der Waals surface area contributed by atoms with Crippen molar-refractivity contribution >= 4 is 0 Å². The standard InChI is InChI=1S/C19H20FNO3/c20-15-3-1-13(2-4-15)17-7-8-21-10-14(17)11-22-16-5-6-18-19(9-16)24-12-23-18/h1-6,9,14,17,21H,7-8,10-12H2/i1D,2D,3D,4D. The Morgan fingerprint density at radius 3 is 2.92 bits per heavy atom. The molecule has 2 heterocycles. The molecule has 0 aromatic heterocycles. The van der Waals surface area contributed by atoms with Gasteiger partial charge in [0.2, 0.25) is 6.79 Å². The number of nitrogens with one attached hydrogen (secondary N) is 1. The maximum atomic E-state index is 13.9. The highest BCUT2D eigenvalue weighted by molar-refractivity contribution is 5.46. The van der Waals surface area contributed by atoms with Crippen LogP contribution in [0.1, 0.15) is 23.4 Å². The van der Waals surface area contributed by atoms with Crippen LogP contribution in [0, 0.1) is 11.7 Å². The zero-order chi connectivity index (χ0) is 19.8. The van der Waals surface area contributed by atoms with Gasteiger partial charge in [0.15, 0.2) is 11.5 Å². The second kappa shape index (κ2) is 6.69. The third-order valence-electron chi connectivity index (χ3n) is 4.40. The Hall–Kier alpha value is -2.27. The van der Waals surface area contributed by atoms with Gasteiger partial charge < -0.3 is 19.5 Å². The summed E-state index contributed by atoms with van der Waals surface area (Å²) in [5.41, 5.74) is 0.261. The number of hydrogen-bond acceptors (Lipinski definition) is 4. The molecular weight excluding hydrogens is 309 g/mol. The molecule has 0 aliphatic carbocycles. The van der Waals surface area contributed by atoms with E-state index in [1.54, 1.807) is 18.2 Å². The van der Waals surface area contributed by atoms with Crippen molar-refractivity contribution in [1.29, 1.82) is 0 Å². The van der Waals surface area contributed by atoms with E-state index in [0.717, 1.165) is 0 Å². The molecule has 4 rings (SSSR count). The van der Waals surface area contributed by atoms with E-state index in [4.69, 9.17) is 19.7 Å². The predicted molar refractivity (Wildman–Crippen MR) is 88.2 cm³/mol. The molecule has 2 aromatic rings. The zero-order valence-corrected chi connectivity index (χ0v) is 13.0. The van der Waals surface area contributed by atoms with Crippen molar-refractivity contribution < 1.29 is 24.1 Å². The largest absolute Gasteiger partial charge is 0.493 e. The van der Waals surface area contributed by atoms with Crippen LogP contribution in [-0.4, -0.2) is 26.5 Å². The van der Waals surface area contributed by atoms with Crippen LogP contribution >= 0.6 is 0 Å². The number of ether oxygens (including phenoxy) is 3. The minimum absolute atomic E-state index is 0.0864. The van der Waals surface area contributed by atoms with Gasteiger partial charge in [-0.15, -0.1) is 0 Å².